The van der Waals surface area contributed by atoms with E-state index in [0.29, 0.717) is 32.9 Å². The van der Waals surface area contributed by atoms with Crippen LogP contribution in [0.3, 0.4) is 0 Å². The van der Waals surface area contributed by atoms with Crippen LogP contribution in [-0.2, 0) is 21.7 Å². The number of rotatable bonds is 4. The molecule has 0 radical (unpaired) electrons. The molecule has 2 fully saturated rings. The first kappa shape index (κ1) is 25.3. The molecule has 0 aliphatic carbocycles. The van der Waals surface area contributed by atoms with Crippen molar-refractivity contribution in [3.63, 3.8) is 0 Å². The number of benzene rings is 3. The van der Waals surface area contributed by atoms with Gasteiger partial charge in [0.1, 0.15) is 20.6 Å². The SMILES string of the molecule is COc1ccc(CN2C(=O)[C@@]3(SC2=S)[C@H](c2ccc(Cl)cc2)CN(C)[C@@]32C(=O)Nc3ccc(F)cc32)cc1. The second-order valence-corrected chi connectivity index (χ2v) is 12.0. The third-order valence-corrected chi connectivity index (χ3v) is 10.0. The van der Waals surface area contributed by atoms with Crippen molar-refractivity contribution >= 4 is 57.4 Å². The minimum atomic E-state index is -1.48. The molecule has 38 heavy (non-hydrogen) atoms. The van der Waals surface area contributed by atoms with Crippen LogP contribution in [-0.4, -0.2) is 51.4 Å². The summed E-state index contributed by atoms with van der Waals surface area (Å²) in [5.41, 5.74) is 1.18. The van der Waals surface area contributed by atoms with Crippen molar-refractivity contribution in [3.8, 4) is 5.75 Å². The van der Waals surface area contributed by atoms with Crippen molar-refractivity contribution in [2.75, 3.05) is 26.0 Å². The Hall–Kier alpha value is -2.98. The van der Waals surface area contributed by atoms with Crippen LogP contribution in [0.2, 0.25) is 5.02 Å². The summed E-state index contributed by atoms with van der Waals surface area (Å²) in [6.45, 7) is 0.615. The molecule has 2 spiro atoms. The van der Waals surface area contributed by atoms with Crippen molar-refractivity contribution in [2.24, 2.45) is 0 Å². The standard InChI is InChI=1S/C28H23ClFN3O3S2/c1-32-15-22(17-5-7-18(29)8-6-17)28(27(32)21-13-19(30)9-12-23(21)31-24(27)34)25(35)33(26(37)38-28)14-16-3-10-20(36-2)11-4-16/h3-13,22H,14-15H2,1-2H3,(H,31,34)/t22-,27-,28-/m0/s1. The molecule has 3 heterocycles. The number of carbonyl (C=O) groups excluding carboxylic acids is 2. The maximum absolute atomic E-state index is 14.7. The minimum absolute atomic E-state index is 0.237. The zero-order valence-corrected chi connectivity index (χ0v) is 22.9. The number of halogens is 2. The Morgan fingerprint density at radius 3 is 2.53 bits per heavy atom. The third-order valence-electron chi connectivity index (χ3n) is 7.81. The lowest BCUT2D eigenvalue weighted by atomic mass is 9.72. The number of carbonyl (C=O) groups is 2. The molecule has 10 heteroatoms. The quantitative estimate of drug-likeness (QED) is 0.439. The predicted octanol–water partition coefficient (Wildman–Crippen LogP) is 5.16. The van der Waals surface area contributed by atoms with Gasteiger partial charge in [0.25, 0.3) is 5.91 Å². The Kier molecular flexibility index (Phi) is 6.03. The summed E-state index contributed by atoms with van der Waals surface area (Å²) in [5.74, 6) is -0.852. The van der Waals surface area contributed by atoms with E-state index in [0.717, 1.165) is 11.1 Å². The molecule has 3 aliphatic heterocycles. The van der Waals surface area contributed by atoms with Gasteiger partial charge in [0.05, 0.1) is 13.7 Å². The van der Waals surface area contributed by atoms with Crippen LogP contribution in [0.4, 0.5) is 10.1 Å². The lowest BCUT2D eigenvalue weighted by Crippen LogP contribution is -2.61. The molecule has 194 valence electrons. The fourth-order valence-electron chi connectivity index (χ4n) is 6.14. The van der Waals surface area contributed by atoms with Gasteiger partial charge >= 0.3 is 0 Å². The first-order valence-corrected chi connectivity index (χ1v) is 13.6. The molecular weight excluding hydrogens is 545 g/mol. The van der Waals surface area contributed by atoms with Crippen LogP contribution in [0.15, 0.2) is 66.7 Å². The van der Waals surface area contributed by atoms with Crippen molar-refractivity contribution in [1.82, 2.24) is 9.80 Å². The maximum Gasteiger partial charge on any atom is 0.251 e. The molecule has 0 bridgehead atoms. The van der Waals surface area contributed by atoms with Crippen LogP contribution in [0.1, 0.15) is 22.6 Å². The lowest BCUT2D eigenvalue weighted by molar-refractivity contribution is -0.138. The van der Waals surface area contributed by atoms with Gasteiger partial charge in [-0.2, -0.15) is 0 Å². The van der Waals surface area contributed by atoms with Gasteiger partial charge in [0, 0.05) is 28.7 Å². The van der Waals surface area contributed by atoms with Gasteiger partial charge in [-0.05, 0) is 60.6 Å². The van der Waals surface area contributed by atoms with E-state index < -0.39 is 22.0 Å². The van der Waals surface area contributed by atoms with Gasteiger partial charge in [-0.25, -0.2) is 4.39 Å². The zero-order chi connectivity index (χ0) is 26.8. The number of hydrogen-bond donors (Lipinski definition) is 1. The van der Waals surface area contributed by atoms with Crippen LogP contribution >= 0.6 is 35.6 Å². The first-order valence-electron chi connectivity index (χ1n) is 12.0. The molecular formula is C28H23ClFN3O3S2. The van der Waals surface area contributed by atoms with Gasteiger partial charge in [-0.1, -0.05) is 59.8 Å². The molecule has 6 rings (SSSR count). The number of likely N-dealkylation sites (N-methyl/N-ethyl adjacent to an activating group) is 1. The van der Waals surface area contributed by atoms with E-state index in [-0.39, 0.29) is 18.4 Å². The normalized spacial score (nSPS) is 26.5. The summed E-state index contributed by atoms with van der Waals surface area (Å²) in [6.07, 6.45) is 0. The highest BCUT2D eigenvalue weighted by Gasteiger charge is 2.77. The minimum Gasteiger partial charge on any atom is -0.497 e. The fourth-order valence-corrected chi connectivity index (χ4v) is 8.39. The van der Waals surface area contributed by atoms with Crippen molar-refractivity contribution in [3.05, 3.63) is 94.3 Å². The van der Waals surface area contributed by atoms with Gasteiger partial charge in [0.2, 0.25) is 5.91 Å². The molecule has 0 unspecified atom stereocenters. The Balaban J connectivity index is 1.54. The van der Waals surface area contributed by atoms with E-state index in [9.17, 15) is 14.0 Å². The molecule has 3 aromatic carbocycles. The highest BCUT2D eigenvalue weighted by atomic mass is 35.5. The third kappa shape index (κ3) is 3.38. The number of thiocarbonyl (C=S) groups is 1. The lowest BCUT2D eigenvalue weighted by Gasteiger charge is -2.41. The average Bonchev–Trinajstić information content (AvgIpc) is 3.44. The predicted molar refractivity (Wildman–Crippen MR) is 150 cm³/mol. The fraction of sp³-hybridized carbons (Fsp3) is 0.250. The number of thioether (sulfide) groups is 1. The summed E-state index contributed by atoms with van der Waals surface area (Å²) in [6, 6.07) is 18.9. The topological polar surface area (TPSA) is 61.9 Å². The number of methoxy groups -OCH3 is 1. The summed E-state index contributed by atoms with van der Waals surface area (Å²) in [4.78, 5) is 32.2. The van der Waals surface area contributed by atoms with Gasteiger partial charge in [-0.15, -0.1) is 0 Å². The largest absolute Gasteiger partial charge is 0.497 e. The molecule has 2 saturated heterocycles. The smallest absolute Gasteiger partial charge is 0.251 e. The second kappa shape index (κ2) is 9.05. The number of fused-ring (bicyclic) bond motifs is 3. The van der Waals surface area contributed by atoms with Crippen molar-refractivity contribution in [2.45, 2.75) is 22.7 Å². The Labute approximate surface area is 234 Å². The second-order valence-electron chi connectivity index (χ2n) is 9.68. The molecule has 3 aliphatic rings. The highest BCUT2D eigenvalue weighted by Crippen LogP contribution is 2.66. The summed E-state index contributed by atoms with van der Waals surface area (Å²) in [7, 11) is 3.40. The van der Waals surface area contributed by atoms with Crippen molar-refractivity contribution in [1.29, 1.82) is 0 Å². The molecule has 3 aromatic rings. The van der Waals surface area contributed by atoms with Crippen LogP contribution in [0.25, 0.3) is 0 Å². The Morgan fingerprint density at radius 2 is 1.84 bits per heavy atom. The molecule has 1 N–H and O–H groups in total. The van der Waals surface area contributed by atoms with E-state index in [1.54, 1.807) is 37.3 Å². The number of hydrogen-bond acceptors (Lipinski definition) is 6. The van der Waals surface area contributed by atoms with E-state index in [4.69, 9.17) is 28.6 Å². The first-order chi connectivity index (χ1) is 18.2. The monoisotopic (exact) mass is 567 g/mol. The number of likely N-dealkylation sites (tertiary alicyclic amines) is 1. The number of amides is 2. The highest BCUT2D eigenvalue weighted by molar-refractivity contribution is 8.25. The number of anilines is 1. The van der Waals surface area contributed by atoms with Crippen LogP contribution < -0.4 is 10.1 Å². The molecule has 0 saturated carbocycles. The molecule has 2 amide bonds. The molecule has 0 aromatic heterocycles. The zero-order valence-electron chi connectivity index (χ0n) is 20.5. The van der Waals surface area contributed by atoms with Gasteiger partial charge in [0.15, 0.2) is 5.54 Å². The average molecular weight is 568 g/mol. The molecule has 3 atom stereocenters. The number of nitrogens with one attached hydrogen (secondary N) is 1. The maximum atomic E-state index is 14.7. The van der Waals surface area contributed by atoms with E-state index in [1.807, 2.05) is 41.3 Å². The van der Waals surface area contributed by atoms with Crippen molar-refractivity contribution < 1.29 is 18.7 Å². The summed E-state index contributed by atoms with van der Waals surface area (Å²) < 4.78 is 18.9. The number of nitrogens with zero attached hydrogens (tertiary/aromatic N) is 2. The van der Waals surface area contributed by atoms with E-state index in [2.05, 4.69) is 5.32 Å². The number of ether oxygens (including phenoxy) is 1. The van der Waals surface area contributed by atoms with E-state index >= 15 is 0 Å². The summed E-state index contributed by atoms with van der Waals surface area (Å²) in [5, 5.41) is 3.49. The van der Waals surface area contributed by atoms with E-state index in [1.165, 1.54) is 23.9 Å². The van der Waals surface area contributed by atoms with Crippen LogP contribution in [0, 0.1) is 5.82 Å². The Bertz CT molecular complexity index is 1490. The van der Waals surface area contributed by atoms with Crippen LogP contribution in [0.5, 0.6) is 5.75 Å². The van der Waals surface area contributed by atoms with Gasteiger partial charge in [-0.3, -0.25) is 19.4 Å². The Morgan fingerprint density at radius 1 is 1.13 bits per heavy atom. The summed E-state index contributed by atoms with van der Waals surface area (Å²) >= 11 is 13.2. The molecule has 6 nitrogen and oxygen atoms in total. The van der Waals surface area contributed by atoms with Gasteiger partial charge < -0.3 is 10.1 Å².